The Kier molecular flexibility index (Phi) is 6.21. The molecule has 0 fully saturated rings. The lowest BCUT2D eigenvalue weighted by Gasteiger charge is -2.10. The molecule has 1 N–H and O–H groups in total. The van der Waals surface area contributed by atoms with Gasteiger partial charge in [-0.25, -0.2) is 10.4 Å². The van der Waals surface area contributed by atoms with Gasteiger partial charge in [0.2, 0.25) is 5.95 Å². The molecule has 0 aliphatic heterocycles. The third kappa shape index (κ3) is 4.42. The summed E-state index contributed by atoms with van der Waals surface area (Å²) in [5, 5.41) is 5.55. The maximum atomic E-state index is 6.24. The molecule has 30 heavy (non-hydrogen) atoms. The summed E-state index contributed by atoms with van der Waals surface area (Å²) < 4.78 is 8.05. The number of aromatic nitrogens is 2. The number of nitrogens with zero attached hydrogens (tertiary/aromatic N) is 3. The van der Waals surface area contributed by atoms with Gasteiger partial charge in [-0.3, -0.25) is 0 Å². The fourth-order valence-corrected chi connectivity index (χ4v) is 3.62. The number of aryl methyl sites for hydroxylation is 1. The number of benzene rings is 3. The number of fused-ring (bicyclic) bond motifs is 1. The molecule has 4 rings (SSSR count). The van der Waals surface area contributed by atoms with E-state index in [4.69, 9.17) is 27.9 Å². The molecule has 5 nitrogen and oxygen atoms in total. The van der Waals surface area contributed by atoms with Crippen LogP contribution < -0.4 is 10.2 Å². The van der Waals surface area contributed by atoms with Crippen LogP contribution in [0.3, 0.4) is 0 Å². The maximum absolute atomic E-state index is 6.24. The van der Waals surface area contributed by atoms with Crippen molar-refractivity contribution in [1.82, 2.24) is 9.55 Å². The van der Waals surface area contributed by atoms with E-state index in [1.807, 2.05) is 54.6 Å². The number of anilines is 1. The summed E-state index contributed by atoms with van der Waals surface area (Å²) in [6, 6.07) is 21.1. The van der Waals surface area contributed by atoms with Gasteiger partial charge in [0, 0.05) is 27.7 Å². The highest BCUT2D eigenvalue weighted by atomic mass is 35.5. The third-order valence-corrected chi connectivity index (χ3v) is 5.24. The first-order valence-corrected chi connectivity index (χ1v) is 10.3. The zero-order chi connectivity index (χ0) is 20.9. The number of hydrazone groups is 1. The van der Waals surface area contributed by atoms with Crippen molar-refractivity contribution in [2.75, 3.05) is 5.43 Å². The summed E-state index contributed by atoms with van der Waals surface area (Å²) in [6.45, 7) is 3.20. The highest BCUT2D eigenvalue weighted by Gasteiger charge is 2.08. The first kappa shape index (κ1) is 20.3. The van der Waals surface area contributed by atoms with Gasteiger partial charge in [0.05, 0.1) is 17.2 Å². The molecule has 0 unspecified atom stereocenters. The minimum absolute atomic E-state index is 0.333. The van der Waals surface area contributed by atoms with Gasteiger partial charge in [0.15, 0.2) is 0 Å². The van der Waals surface area contributed by atoms with Gasteiger partial charge in [0.1, 0.15) is 12.4 Å². The molecule has 0 amide bonds. The van der Waals surface area contributed by atoms with E-state index < -0.39 is 0 Å². The summed E-state index contributed by atoms with van der Waals surface area (Å²) in [7, 11) is 0. The van der Waals surface area contributed by atoms with E-state index in [1.54, 1.807) is 18.3 Å². The number of nitrogens with one attached hydrogen (secondary N) is 1. The van der Waals surface area contributed by atoms with Crippen LogP contribution in [0.5, 0.6) is 5.75 Å². The lowest BCUT2D eigenvalue weighted by molar-refractivity contribution is 0.306. The van der Waals surface area contributed by atoms with Gasteiger partial charge in [0.25, 0.3) is 0 Å². The van der Waals surface area contributed by atoms with E-state index in [0.717, 1.165) is 28.7 Å². The lowest BCUT2D eigenvalue weighted by Crippen LogP contribution is -2.03. The summed E-state index contributed by atoms with van der Waals surface area (Å²) in [4.78, 5) is 4.61. The monoisotopic (exact) mass is 438 g/mol. The average Bonchev–Trinajstić information content (AvgIpc) is 3.11. The second-order valence-electron chi connectivity index (χ2n) is 6.60. The van der Waals surface area contributed by atoms with E-state index in [1.165, 1.54) is 0 Å². The van der Waals surface area contributed by atoms with E-state index in [2.05, 4.69) is 27.0 Å². The SMILES string of the molecule is CCn1c(N/N=C\c2ccccc2OCc2ccc(Cl)cc2Cl)nc2ccccc21. The summed E-state index contributed by atoms with van der Waals surface area (Å²) in [5.74, 6) is 1.40. The van der Waals surface area contributed by atoms with Gasteiger partial charge in [-0.15, -0.1) is 0 Å². The molecule has 0 atom stereocenters. The van der Waals surface area contributed by atoms with Crippen LogP contribution in [0.15, 0.2) is 71.8 Å². The Balaban J connectivity index is 1.49. The molecule has 7 heteroatoms. The van der Waals surface area contributed by atoms with Gasteiger partial charge >= 0.3 is 0 Å². The van der Waals surface area contributed by atoms with Crippen molar-refractivity contribution in [2.45, 2.75) is 20.1 Å². The molecule has 4 aromatic rings. The molecule has 0 bridgehead atoms. The van der Waals surface area contributed by atoms with E-state index >= 15 is 0 Å². The molecule has 0 spiro atoms. The predicted octanol–water partition coefficient (Wildman–Crippen LogP) is 6.39. The first-order valence-electron chi connectivity index (χ1n) is 9.56. The second kappa shape index (κ2) is 9.20. The highest BCUT2D eigenvalue weighted by molar-refractivity contribution is 6.35. The number of ether oxygens (including phenoxy) is 1. The Morgan fingerprint density at radius 3 is 2.70 bits per heavy atom. The van der Waals surface area contributed by atoms with Crippen molar-refractivity contribution in [2.24, 2.45) is 5.10 Å². The van der Waals surface area contributed by atoms with Crippen LogP contribution in [0.25, 0.3) is 11.0 Å². The van der Waals surface area contributed by atoms with E-state index in [-0.39, 0.29) is 0 Å². The minimum Gasteiger partial charge on any atom is -0.488 e. The first-order chi connectivity index (χ1) is 14.7. The largest absolute Gasteiger partial charge is 0.488 e. The zero-order valence-corrected chi connectivity index (χ0v) is 17.9. The summed E-state index contributed by atoms with van der Waals surface area (Å²) in [5.41, 5.74) is 6.76. The Hall–Kier alpha value is -3.02. The van der Waals surface area contributed by atoms with Gasteiger partial charge in [-0.05, 0) is 43.3 Å². The molecular weight excluding hydrogens is 419 g/mol. The van der Waals surface area contributed by atoms with Gasteiger partial charge < -0.3 is 9.30 Å². The number of hydrogen-bond donors (Lipinski definition) is 1. The Morgan fingerprint density at radius 2 is 1.87 bits per heavy atom. The Labute approximate surface area is 184 Å². The van der Waals surface area contributed by atoms with Crippen molar-refractivity contribution < 1.29 is 4.74 Å². The fraction of sp³-hybridized carbons (Fsp3) is 0.130. The van der Waals surface area contributed by atoms with Crippen molar-refractivity contribution in [3.05, 3.63) is 87.9 Å². The molecule has 0 saturated carbocycles. The van der Waals surface area contributed by atoms with Gasteiger partial charge in [-0.1, -0.05) is 53.5 Å². The second-order valence-corrected chi connectivity index (χ2v) is 7.44. The molecule has 0 radical (unpaired) electrons. The van der Waals surface area contributed by atoms with Gasteiger partial charge in [-0.2, -0.15) is 5.10 Å². The van der Waals surface area contributed by atoms with Crippen molar-refractivity contribution in [1.29, 1.82) is 0 Å². The predicted molar refractivity (Wildman–Crippen MR) is 124 cm³/mol. The van der Waals surface area contributed by atoms with Crippen LogP contribution in [0, 0.1) is 0 Å². The van der Waals surface area contributed by atoms with Crippen LogP contribution in [-0.2, 0) is 13.2 Å². The van der Waals surface area contributed by atoms with Crippen LogP contribution >= 0.6 is 23.2 Å². The molecular formula is C23H20Cl2N4O. The fourth-order valence-electron chi connectivity index (χ4n) is 3.15. The number of halogens is 2. The molecule has 1 heterocycles. The van der Waals surface area contributed by atoms with E-state index in [0.29, 0.717) is 28.3 Å². The van der Waals surface area contributed by atoms with Crippen molar-refractivity contribution in [3.63, 3.8) is 0 Å². The Morgan fingerprint density at radius 1 is 1.07 bits per heavy atom. The number of imidazole rings is 1. The highest BCUT2D eigenvalue weighted by Crippen LogP contribution is 2.24. The van der Waals surface area contributed by atoms with Crippen LogP contribution in [0.4, 0.5) is 5.95 Å². The molecule has 1 aromatic heterocycles. The summed E-state index contributed by atoms with van der Waals surface area (Å²) >= 11 is 12.2. The smallest absolute Gasteiger partial charge is 0.224 e. The average molecular weight is 439 g/mol. The zero-order valence-electron chi connectivity index (χ0n) is 16.3. The van der Waals surface area contributed by atoms with Crippen molar-refractivity contribution in [3.8, 4) is 5.75 Å². The topological polar surface area (TPSA) is 51.4 Å². The number of rotatable bonds is 7. The molecule has 152 valence electrons. The molecule has 0 aliphatic rings. The quantitative estimate of drug-likeness (QED) is 0.268. The summed E-state index contributed by atoms with van der Waals surface area (Å²) in [6.07, 6.45) is 1.72. The Bertz CT molecular complexity index is 1200. The maximum Gasteiger partial charge on any atom is 0.224 e. The molecule has 3 aromatic carbocycles. The lowest BCUT2D eigenvalue weighted by atomic mass is 10.2. The molecule has 0 aliphatic carbocycles. The van der Waals surface area contributed by atoms with Crippen LogP contribution in [-0.4, -0.2) is 15.8 Å². The van der Waals surface area contributed by atoms with Crippen molar-refractivity contribution >= 4 is 46.4 Å². The van der Waals surface area contributed by atoms with Crippen LogP contribution in [0.2, 0.25) is 10.0 Å². The molecule has 0 saturated heterocycles. The van der Waals surface area contributed by atoms with Crippen LogP contribution in [0.1, 0.15) is 18.1 Å². The number of hydrogen-bond acceptors (Lipinski definition) is 4. The normalized spacial score (nSPS) is 11.3. The third-order valence-electron chi connectivity index (χ3n) is 4.66. The number of para-hydroxylation sites is 3. The minimum atomic E-state index is 0.333. The van der Waals surface area contributed by atoms with E-state index in [9.17, 15) is 0 Å². The standard InChI is InChI=1S/C23H20Cl2N4O/c1-2-29-21-9-5-4-8-20(21)27-23(29)28-26-14-16-7-3-6-10-22(16)30-15-17-11-12-18(24)13-19(17)25/h3-14H,2,15H2,1H3,(H,27,28)/b26-14-.